The summed E-state index contributed by atoms with van der Waals surface area (Å²) in [7, 11) is 1.63. The van der Waals surface area contributed by atoms with Gasteiger partial charge in [0, 0.05) is 11.0 Å². The van der Waals surface area contributed by atoms with Crippen molar-refractivity contribution in [3.63, 3.8) is 0 Å². The van der Waals surface area contributed by atoms with Gasteiger partial charge in [0.1, 0.15) is 12.4 Å². The van der Waals surface area contributed by atoms with E-state index in [4.69, 9.17) is 9.47 Å². The number of hydrogen-bond acceptors (Lipinski definition) is 3. The molecule has 1 amide bonds. The van der Waals surface area contributed by atoms with Crippen LogP contribution in [0.15, 0.2) is 53.0 Å². The van der Waals surface area contributed by atoms with Gasteiger partial charge in [0.25, 0.3) is 0 Å². The molecule has 0 saturated carbocycles. The molecule has 0 heterocycles. The van der Waals surface area contributed by atoms with E-state index in [2.05, 4.69) is 21.2 Å². The van der Waals surface area contributed by atoms with Crippen molar-refractivity contribution in [2.75, 3.05) is 13.7 Å². The van der Waals surface area contributed by atoms with Crippen LogP contribution in [0.5, 0.6) is 5.75 Å². The Morgan fingerprint density at radius 2 is 1.95 bits per heavy atom. The summed E-state index contributed by atoms with van der Waals surface area (Å²) in [5, 5.41) is 2.74. The summed E-state index contributed by atoms with van der Waals surface area (Å²) >= 11 is 3.40. The van der Waals surface area contributed by atoms with Crippen LogP contribution < -0.4 is 10.1 Å². The monoisotopic (exact) mass is 363 g/mol. The Labute approximate surface area is 138 Å². The maximum atomic E-state index is 11.6. The topological polar surface area (TPSA) is 47.6 Å². The van der Waals surface area contributed by atoms with Crippen LogP contribution in [0.25, 0.3) is 0 Å². The number of halogens is 1. The zero-order chi connectivity index (χ0) is 15.8. The Hall–Kier alpha value is -2.01. The van der Waals surface area contributed by atoms with Crippen LogP contribution in [0.1, 0.15) is 11.1 Å². The SMILES string of the molecule is COc1cc(Br)ccc1CCNC(=O)OCc1ccccc1. The number of nitrogens with one attached hydrogen (secondary N) is 1. The van der Waals surface area contributed by atoms with Crippen LogP contribution in [0.4, 0.5) is 4.79 Å². The minimum absolute atomic E-state index is 0.272. The molecule has 2 aromatic carbocycles. The van der Waals surface area contributed by atoms with Gasteiger partial charge in [-0.3, -0.25) is 0 Å². The molecule has 0 aliphatic rings. The molecule has 2 rings (SSSR count). The molecule has 1 N–H and O–H groups in total. The van der Waals surface area contributed by atoms with Crippen molar-refractivity contribution in [3.05, 3.63) is 64.1 Å². The smallest absolute Gasteiger partial charge is 0.407 e. The normalized spacial score (nSPS) is 10.1. The minimum atomic E-state index is -0.417. The summed E-state index contributed by atoms with van der Waals surface area (Å²) < 4.78 is 11.4. The van der Waals surface area contributed by atoms with Gasteiger partial charge in [0.05, 0.1) is 7.11 Å². The third kappa shape index (κ3) is 5.07. The van der Waals surface area contributed by atoms with Crippen molar-refractivity contribution in [2.45, 2.75) is 13.0 Å². The third-order valence-electron chi connectivity index (χ3n) is 3.13. The summed E-state index contributed by atoms with van der Waals surface area (Å²) in [5.41, 5.74) is 2.00. The predicted octanol–water partition coefficient (Wildman–Crippen LogP) is 3.93. The summed E-state index contributed by atoms with van der Waals surface area (Å²) in [6, 6.07) is 15.4. The van der Waals surface area contributed by atoms with Gasteiger partial charge in [0.15, 0.2) is 0 Å². The predicted molar refractivity (Wildman–Crippen MR) is 89.0 cm³/mol. The lowest BCUT2D eigenvalue weighted by atomic mass is 10.1. The number of rotatable bonds is 6. The fourth-order valence-electron chi connectivity index (χ4n) is 2.00. The summed E-state index contributed by atoms with van der Waals surface area (Å²) in [4.78, 5) is 11.6. The van der Waals surface area contributed by atoms with Crippen molar-refractivity contribution in [1.29, 1.82) is 0 Å². The lowest BCUT2D eigenvalue weighted by Gasteiger charge is -2.10. The number of carbonyl (C=O) groups is 1. The first-order chi connectivity index (χ1) is 10.7. The molecule has 0 saturated heterocycles. The third-order valence-corrected chi connectivity index (χ3v) is 3.62. The highest BCUT2D eigenvalue weighted by atomic mass is 79.9. The van der Waals surface area contributed by atoms with E-state index in [1.54, 1.807) is 7.11 Å². The number of benzene rings is 2. The van der Waals surface area contributed by atoms with Crippen LogP contribution in [-0.2, 0) is 17.8 Å². The molecular formula is C17H18BrNO3. The average Bonchev–Trinajstić information content (AvgIpc) is 2.55. The Balaban J connectivity index is 1.75. The van der Waals surface area contributed by atoms with Crippen molar-refractivity contribution in [3.8, 4) is 5.75 Å². The number of methoxy groups -OCH3 is 1. The van der Waals surface area contributed by atoms with Crippen molar-refractivity contribution in [2.24, 2.45) is 0 Å². The van der Waals surface area contributed by atoms with Crippen LogP contribution in [0, 0.1) is 0 Å². The van der Waals surface area contributed by atoms with Crippen molar-refractivity contribution < 1.29 is 14.3 Å². The second-order valence-electron chi connectivity index (χ2n) is 4.69. The molecule has 0 aromatic heterocycles. The van der Waals surface area contributed by atoms with Crippen LogP contribution in [-0.4, -0.2) is 19.7 Å². The van der Waals surface area contributed by atoms with Gasteiger partial charge < -0.3 is 14.8 Å². The van der Waals surface area contributed by atoms with E-state index in [0.717, 1.165) is 21.3 Å². The molecule has 0 aliphatic heterocycles. The molecular weight excluding hydrogens is 346 g/mol. The van der Waals surface area contributed by atoms with E-state index in [1.165, 1.54) is 0 Å². The molecule has 0 fully saturated rings. The van der Waals surface area contributed by atoms with Gasteiger partial charge in [-0.25, -0.2) is 4.79 Å². The number of ether oxygens (including phenoxy) is 2. The standard InChI is InChI=1S/C17H18BrNO3/c1-21-16-11-15(18)8-7-14(16)9-10-19-17(20)22-12-13-5-3-2-4-6-13/h2-8,11H,9-10,12H2,1H3,(H,19,20). The second-order valence-corrected chi connectivity index (χ2v) is 5.61. The molecule has 5 heteroatoms. The Kier molecular flexibility index (Phi) is 6.27. The van der Waals surface area contributed by atoms with Gasteiger partial charge in [-0.2, -0.15) is 0 Å². The van der Waals surface area contributed by atoms with Gasteiger partial charge in [0.2, 0.25) is 0 Å². The lowest BCUT2D eigenvalue weighted by molar-refractivity contribution is 0.140. The van der Waals surface area contributed by atoms with Crippen molar-refractivity contribution in [1.82, 2.24) is 5.32 Å². The molecule has 4 nitrogen and oxygen atoms in total. The zero-order valence-corrected chi connectivity index (χ0v) is 13.9. The molecule has 0 atom stereocenters. The maximum Gasteiger partial charge on any atom is 0.407 e. The first-order valence-electron chi connectivity index (χ1n) is 6.96. The fourth-order valence-corrected chi connectivity index (χ4v) is 2.34. The van der Waals surface area contributed by atoms with E-state index >= 15 is 0 Å². The van der Waals surface area contributed by atoms with Gasteiger partial charge in [-0.15, -0.1) is 0 Å². The molecule has 116 valence electrons. The van der Waals surface area contributed by atoms with Gasteiger partial charge in [-0.05, 0) is 29.7 Å². The molecule has 2 aromatic rings. The molecule has 0 aliphatic carbocycles. The quantitative estimate of drug-likeness (QED) is 0.845. The molecule has 22 heavy (non-hydrogen) atoms. The zero-order valence-electron chi connectivity index (χ0n) is 12.3. The maximum absolute atomic E-state index is 11.6. The number of alkyl carbamates (subject to hydrolysis) is 1. The number of carbonyl (C=O) groups excluding carboxylic acids is 1. The van der Waals surface area contributed by atoms with Crippen LogP contribution in [0.3, 0.4) is 0 Å². The first-order valence-corrected chi connectivity index (χ1v) is 7.75. The van der Waals surface area contributed by atoms with E-state index in [0.29, 0.717) is 13.0 Å². The highest BCUT2D eigenvalue weighted by molar-refractivity contribution is 9.10. The fraction of sp³-hybridized carbons (Fsp3) is 0.235. The summed E-state index contributed by atoms with van der Waals surface area (Å²) in [6.45, 7) is 0.764. The minimum Gasteiger partial charge on any atom is -0.496 e. The highest BCUT2D eigenvalue weighted by Gasteiger charge is 2.06. The summed E-state index contributed by atoms with van der Waals surface area (Å²) in [6.07, 6.45) is 0.261. The van der Waals surface area contributed by atoms with Crippen molar-refractivity contribution >= 4 is 22.0 Å². The van der Waals surface area contributed by atoms with Gasteiger partial charge in [-0.1, -0.05) is 52.3 Å². The van der Waals surface area contributed by atoms with Gasteiger partial charge >= 0.3 is 6.09 Å². The molecule has 0 unspecified atom stereocenters. The molecule has 0 bridgehead atoms. The largest absolute Gasteiger partial charge is 0.496 e. The average molecular weight is 364 g/mol. The lowest BCUT2D eigenvalue weighted by Crippen LogP contribution is -2.26. The van der Waals surface area contributed by atoms with Crippen LogP contribution in [0.2, 0.25) is 0 Å². The van der Waals surface area contributed by atoms with E-state index in [9.17, 15) is 4.79 Å². The Morgan fingerprint density at radius 3 is 2.68 bits per heavy atom. The van der Waals surface area contributed by atoms with E-state index < -0.39 is 6.09 Å². The molecule has 0 spiro atoms. The Bertz CT molecular complexity index is 617. The van der Waals surface area contributed by atoms with E-state index in [1.807, 2.05) is 48.5 Å². The number of amides is 1. The summed E-state index contributed by atoms with van der Waals surface area (Å²) in [5.74, 6) is 0.800. The second kappa shape index (κ2) is 8.44. The van der Waals surface area contributed by atoms with E-state index in [-0.39, 0.29) is 6.61 Å². The Morgan fingerprint density at radius 1 is 1.18 bits per heavy atom. The first kappa shape index (κ1) is 16.4. The molecule has 0 radical (unpaired) electrons. The number of hydrogen-bond donors (Lipinski definition) is 1. The highest BCUT2D eigenvalue weighted by Crippen LogP contribution is 2.23. The van der Waals surface area contributed by atoms with Crippen LogP contribution >= 0.6 is 15.9 Å².